The van der Waals surface area contributed by atoms with E-state index in [0.29, 0.717) is 24.2 Å². The highest BCUT2D eigenvalue weighted by atomic mass is 16.4. The summed E-state index contributed by atoms with van der Waals surface area (Å²) in [5, 5.41) is 36.7. The van der Waals surface area contributed by atoms with Crippen LogP contribution in [0.3, 0.4) is 0 Å². The lowest BCUT2D eigenvalue weighted by Gasteiger charge is -2.59. The topological polar surface area (TPSA) is 132 Å². The fraction of sp³-hybridized carbons (Fsp3) is 0.808. The first-order valence-electron chi connectivity index (χ1n) is 12.4. The van der Waals surface area contributed by atoms with Crippen LogP contribution in [0.25, 0.3) is 0 Å². The highest BCUT2D eigenvalue weighted by Gasteiger charge is 2.63. The number of hydrogen-bond donors (Lipinski definition) is 4. The van der Waals surface area contributed by atoms with Crippen molar-refractivity contribution in [2.24, 2.45) is 28.6 Å². The van der Waals surface area contributed by atoms with Crippen LogP contribution in [0.1, 0.15) is 91.9 Å². The highest BCUT2D eigenvalue weighted by Crippen LogP contribution is 2.67. The molecule has 0 unspecified atom stereocenters. The molecule has 4 N–H and O–H groups in total. The third-order valence-electron chi connectivity index (χ3n) is 9.14. The van der Waals surface area contributed by atoms with Crippen LogP contribution < -0.4 is 0 Å². The fourth-order valence-electron chi connectivity index (χ4n) is 6.90. The maximum Gasteiger partial charge on any atom is 0.303 e. The average Bonchev–Trinajstić information content (AvgIpc) is 3.03. The molecule has 4 aliphatic carbocycles. The molecule has 0 aromatic heterocycles. The lowest BCUT2D eigenvalue weighted by molar-refractivity contribution is -0.137. The summed E-state index contributed by atoms with van der Waals surface area (Å²) in [4.78, 5) is 30.6. The zero-order valence-electron chi connectivity index (χ0n) is 20.6. The van der Waals surface area contributed by atoms with Crippen LogP contribution in [-0.2, 0) is 14.4 Å². The molecule has 6 atom stereocenters. The van der Waals surface area contributed by atoms with E-state index in [9.17, 15) is 24.6 Å². The van der Waals surface area contributed by atoms with Crippen LogP contribution in [0, 0.1) is 28.6 Å². The Labute approximate surface area is 197 Å². The number of rotatable bonds is 3. The zero-order chi connectivity index (χ0) is 25.0. The van der Waals surface area contributed by atoms with Gasteiger partial charge in [0.15, 0.2) is 5.78 Å². The maximum absolute atomic E-state index is 11.9. The summed E-state index contributed by atoms with van der Waals surface area (Å²) >= 11 is 0. The van der Waals surface area contributed by atoms with Gasteiger partial charge in [0, 0.05) is 24.7 Å². The number of hydrogen-bond acceptors (Lipinski definition) is 5. The Morgan fingerprint density at radius 3 is 2.00 bits per heavy atom. The largest absolute Gasteiger partial charge is 0.481 e. The van der Waals surface area contributed by atoms with E-state index < -0.39 is 17.5 Å². The second kappa shape index (κ2) is 10.7. The van der Waals surface area contributed by atoms with Crippen molar-refractivity contribution in [3.05, 3.63) is 11.6 Å². The summed E-state index contributed by atoms with van der Waals surface area (Å²) in [7, 11) is 0. The molecule has 3 saturated carbocycles. The van der Waals surface area contributed by atoms with Gasteiger partial charge >= 0.3 is 11.9 Å². The van der Waals surface area contributed by atoms with Gasteiger partial charge in [-0.25, -0.2) is 0 Å². The Hall–Kier alpha value is -1.73. The minimum absolute atomic E-state index is 0.0243. The van der Waals surface area contributed by atoms with Crippen molar-refractivity contribution < 1.29 is 34.8 Å². The predicted octanol–water partition coefficient (Wildman–Crippen LogP) is 4.20. The normalized spacial score (nSPS) is 38.8. The number of aliphatic hydroxyl groups is 2. The first-order chi connectivity index (χ1) is 15.4. The molecule has 0 bridgehead atoms. The van der Waals surface area contributed by atoms with Gasteiger partial charge in [0.1, 0.15) is 0 Å². The third kappa shape index (κ3) is 5.35. The van der Waals surface area contributed by atoms with Gasteiger partial charge in [-0.05, 0) is 81.1 Å². The Kier molecular flexibility index (Phi) is 8.91. The van der Waals surface area contributed by atoms with Crippen LogP contribution in [0.4, 0.5) is 0 Å². The van der Waals surface area contributed by atoms with Crippen molar-refractivity contribution >= 4 is 17.7 Å². The van der Waals surface area contributed by atoms with Gasteiger partial charge in [0.2, 0.25) is 0 Å². The lowest BCUT2D eigenvalue weighted by atomic mass is 9.46. The quantitative estimate of drug-likeness (QED) is 0.490. The first-order valence-corrected chi connectivity index (χ1v) is 12.4. The summed E-state index contributed by atoms with van der Waals surface area (Å²) in [5.74, 6) is 0.411. The van der Waals surface area contributed by atoms with Gasteiger partial charge in [-0.2, -0.15) is 0 Å². The van der Waals surface area contributed by atoms with Gasteiger partial charge < -0.3 is 20.4 Å². The smallest absolute Gasteiger partial charge is 0.303 e. The van der Waals surface area contributed by atoms with E-state index in [1.54, 1.807) is 13.8 Å². The van der Waals surface area contributed by atoms with Gasteiger partial charge in [-0.1, -0.05) is 26.3 Å². The fourth-order valence-corrected chi connectivity index (χ4v) is 6.90. The van der Waals surface area contributed by atoms with Crippen molar-refractivity contribution in [3.63, 3.8) is 0 Å². The zero-order valence-corrected chi connectivity index (χ0v) is 20.6. The molecular formula is C26H42O7. The van der Waals surface area contributed by atoms with E-state index >= 15 is 0 Å². The number of carbonyl (C=O) groups is 3. The Bertz CT molecular complexity index is 757. The van der Waals surface area contributed by atoms with Crippen molar-refractivity contribution in [2.75, 3.05) is 6.61 Å². The molecule has 0 aromatic rings. The number of carboxylic acids is 2. The number of carbonyl (C=O) groups excluding carboxylic acids is 1. The molecule has 0 saturated heterocycles. The second-order valence-corrected chi connectivity index (χ2v) is 10.6. The van der Waals surface area contributed by atoms with Crippen LogP contribution in [0.5, 0.6) is 0 Å². The summed E-state index contributed by atoms with van der Waals surface area (Å²) in [6.07, 6.45) is 9.96. The van der Waals surface area contributed by atoms with Crippen LogP contribution in [-0.4, -0.2) is 50.4 Å². The lowest BCUT2D eigenvalue weighted by Crippen LogP contribution is -2.55. The second-order valence-electron chi connectivity index (χ2n) is 10.6. The van der Waals surface area contributed by atoms with Gasteiger partial charge in [-0.3, -0.25) is 14.4 Å². The van der Waals surface area contributed by atoms with Crippen molar-refractivity contribution in [2.45, 2.75) is 97.5 Å². The molecule has 0 spiro atoms. The van der Waals surface area contributed by atoms with E-state index in [2.05, 4.69) is 6.92 Å². The van der Waals surface area contributed by atoms with Crippen LogP contribution in [0.15, 0.2) is 11.6 Å². The number of ketones is 1. The van der Waals surface area contributed by atoms with E-state index in [4.69, 9.17) is 10.2 Å². The van der Waals surface area contributed by atoms with Gasteiger partial charge in [-0.15, -0.1) is 0 Å². The number of carboxylic acid groups (broad SMARTS) is 2. The molecule has 0 aromatic carbocycles. The average molecular weight is 467 g/mol. The molecule has 7 heteroatoms. The first kappa shape index (κ1) is 27.5. The van der Waals surface area contributed by atoms with Crippen LogP contribution >= 0.6 is 0 Å². The molecule has 7 nitrogen and oxygen atoms in total. The molecule has 0 amide bonds. The molecule has 0 heterocycles. The van der Waals surface area contributed by atoms with Crippen molar-refractivity contribution in [1.29, 1.82) is 0 Å². The van der Waals surface area contributed by atoms with Crippen molar-refractivity contribution in [3.8, 4) is 0 Å². The monoisotopic (exact) mass is 466 g/mol. The SMILES string of the molecule is CCC(=O)O.CCC(=O)O.C[C@]1(O)CC[C@H]2[C@@H]3CCC4=CC(=O)CC[C@]4(CO)[C@H]3CC[C@@]21C. The van der Waals surface area contributed by atoms with E-state index in [-0.39, 0.29) is 36.1 Å². The minimum atomic E-state index is -0.745. The molecule has 33 heavy (non-hydrogen) atoms. The molecule has 0 aliphatic heterocycles. The summed E-state index contributed by atoms with van der Waals surface area (Å²) in [5.41, 5.74) is 0.558. The summed E-state index contributed by atoms with van der Waals surface area (Å²) < 4.78 is 0. The number of aliphatic hydroxyl groups excluding tert-OH is 1. The predicted molar refractivity (Wildman–Crippen MR) is 125 cm³/mol. The molecule has 188 valence electrons. The Morgan fingerprint density at radius 1 is 0.939 bits per heavy atom. The van der Waals surface area contributed by atoms with Crippen molar-refractivity contribution in [1.82, 2.24) is 0 Å². The number of aliphatic carboxylic acids is 2. The standard InChI is InChI=1S/C20H30O3.2C3H6O2/c1-18-8-6-17-15(16(18)7-9-19(18,2)23)4-3-13-11-14(22)5-10-20(13,17)12-21;2*1-2-3(4)5/h11,15-17,21,23H,3-10,12H2,1-2H3;2*2H2,1H3,(H,4,5)/t15-,16-,17-,18-,19-,20+;;/m0../s1. The van der Waals surface area contributed by atoms with Crippen LogP contribution in [0.2, 0.25) is 0 Å². The van der Waals surface area contributed by atoms with E-state index in [1.165, 1.54) is 5.57 Å². The summed E-state index contributed by atoms with van der Waals surface area (Å²) in [6.45, 7) is 7.71. The van der Waals surface area contributed by atoms with E-state index in [0.717, 1.165) is 44.9 Å². The maximum atomic E-state index is 11.9. The summed E-state index contributed by atoms with van der Waals surface area (Å²) in [6, 6.07) is 0. The molecule has 4 rings (SSSR count). The Balaban J connectivity index is 0.000000327. The highest BCUT2D eigenvalue weighted by molar-refractivity contribution is 5.91. The van der Waals surface area contributed by atoms with E-state index in [1.807, 2.05) is 13.0 Å². The third-order valence-corrected chi connectivity index (χ3v) is 9.14. The number of fused-ring (bicyclic) bond motifs is 5. The minimum Gasteiger partial charge on any atom is -0.481 e. The Morgan fingerprint density at radius 2 is 1.48 bits per heavy atom. The molecule has 3 fully saturated rings. The molecule has 0 radical (unpaired) electrons. The molecule has 4 aliphatic rings. The van der Waals surface area contributed by atoms with Gasteiger partial charge in [0.25, 0.3) is 0 Å². The van der Waals surface area contributed by atoms with Gasteiger partial charge in [0.05, 0.1) is 12.2 Å². The molecular weight excluding hydrogens is 424 g/mol.